The fourth-order valence-electron chi connectivity index (χ4n) is 1.21. The van der Waals surface area contributed by atoms with Gasteiger partial charge in [0.2, 0.25) is 0 Å². The van der Waals surface area contributed by atoms with Gasteiger partial charge in [-0.05, 0) is 6.92 Å². The number of rotatable bonds is 6. The maximum absolute atomic E-state index is 11.9. The summed E-state index contributed by atoms with van der Waals surface area (Å²) in [6, 6.07) is 1.82. The predicted octanol–water partition coefficient (Wildman–Crippen LogP) is 3.78. The van der Waals surface area contributed by atoms with E-state index in [1.54, 1.807) is 6.92 Å². The Morgan fingerprint density at radius 1 is 1.37 bits per heavy atom. The van der Waals surface area contributed by atoms with E-state index in [2.05, 4.69) is 70.3 Å². The van der Waals surface area contributed by atoms with Crippen LogP contribution in [0.3, 0.4) is 0 Å². The molecule has 0 saturated heterocycles. The first-order chi connectivity index (χ1) is 8.67. The number of esters is 1. The van der Waals surface area contributed by atoms with E-state index in [4.69, 9.17) is 4.74 Å². The van der Waals surface area contributed by atoms with E-state index in [-0.39, 0.29) is 17.8 Å². The summed E-state index contributed by atoms with van der Waals surface area (Å²) >= 11 is 15.3. The number of nitriles is 1. The third-order valence-corrected chi connectivity index (χ3v) is 4.34. The molecule has 0 radical (unpaired) electrons. The van der Waals surface area contributed by atoms with Crippen molar-refractivity contribution in [3.05, 3.63) is 36.5 Å². The number of halogens is 2. The van der Waals surface area contributed by atoms with Crippen molar-refractivity contribution in [3.8, 4) is 6.07 Å². The van der Waals surface area contributed by atoms with Crippen LogP contribution in [-0.2, 0) is 9.53 Å². The van der Waals surface area contributed by atoms with Crippen LogP contribution in [0.5, 0.6) is 0 Å². The molecule has 0 spiro atoms. The van der Waals surface area contributed by atoms with Crippen molar-refractivity contribution in [2.45, 2.75) is 14.2 Å². The first-order valence-electron chi connectivity index (χ1n) is 5.10. The molecule has 0 aliphatic carbocycles. The number of alkyl halides is 2. The van der Waals surface area contributed by atoms with E-state index >= 15 is 0 Å². The standard InChI is InChI=1S/C12H13Br2NO2S2/c1-4-11(13,18)9(12(14,19)5-2)8(7-15)10(16)17-6-3/h4-5,18-19H,1-2,6H2,3H3. The van der Waals surface area contributed by atoms with Gasteiger partial charge in [0.1, 0.15) is 19.0 Å². The number of hydrogen-bond acceptors (Lipinski definition) is 5. The molecule has 0 aliphatic rings. The van der Waals surface area contributed by atoms with Crippen LogP contribution >= 0.6 is 57.1 Å². The molecule has 0 saturated carbocycles. The van der Waals surface area contributed by atoms with Crippen LogP contribution in [0, 0.1) is 11.3 Å². The molecule has 0 rings (SSSR count). The number of ether oxygens (including phenoxy) is 1. The number of thiol groups is 2. The first-order valence-corrected chi connectivity index (χ1v) is 7.58. The lowest BCUT2D eigenvalue weighted by Gasteiger charge is -2.31. The Morgan fingerprint density at radius 3 is 2.05 bits per heavy atom. The Hall–Kier alpha value is -0.160. The van der Waals surface area contributed by atoms with Crippen molar-refractivity contribution >= 4 is 63.1 Å². The zero-order valence-corrected chi connectivity index (χ0v) is 15.2. The average Bonchev–Trinajstić information content (AvgIpc) is 2.35. The van der Waals surface area contributed by atoms with Gasteiger partial charge < -0.3 is 4.74 Å². The molecule has 104 valence electrons. The van der Waals surface area contributed by atoms with E-state index in [0.29, 0.717) is 0 Å². The Balaban J connectivity index is 6.24. The topological polar surface area (TPSA) is 50.1 Å². The highest BCUT2D eigenvalue weighted by atomic mass is 79.9. The largest absolute Gasteiger partial charge is 0.462 e. The molecule has 0 aromatic heterocycles. The van der Waals surface area contributed by atoms with Gasteiger partial charge in [-0.3, -0.25) is 0 Å². The van der Waals surface area contributed by atoms with Gasteiger partial charge in [0.25, 0.3) is 0 Å². The summed E-state index contributed by atoms with van der Waals surface area (Å²) in [6.45, 7) is 9.04. The summed E-state index contributed by atoms with van der Waals surface area (Å²) in [7, 11) is 0. The third kappa shape index (κ3) is 4.71. The molecule has 0 aromatic carbocycles. The molecule has 0 amide bonds. The van der Waals surface area contributed by atoms with Gasteiger partial charge >= 0.3 is 5.97 Å². The molecule has 0 heterocycles. The molecule has 3 nitrogen and oxygen atoms in total. The average molecular weight is 427 g/mol. The van der Waals surface area contributed by atoms with Crippen LogP contribution in [0.25, 0.3) is 0 Å². The van der Waals surface area contributed by atoms with E-state index in [1.807, 2.05) is 6.07 Å². The van der Waals surface area contributed by atoms with Crippen LogP contribution in [0.2, 0.25) is 0 Å². The van der Waals surface area contributed by atoms with E-state index < -0.39 is 13.3 Å². The van der Waals surface area contributed by atoms with Gasteiger partial charge in [-0.25, -0.2) is 4.79 Å². The molecule has 0 N–H and O–H groups in total. The molecular formula is C12H13Br2NO2S2. The summed E-state index contributed by atoms with van der Waals surface area (Å²) in [5.41, 5.74) is 0.0259. The molecule has 0 fully saturated rings. The summed E-state index contributed by atoms with van der Waals surface area (Å²) in [6.07, 6.45) is 2.86. The van der Waals surface area contributed by atoms with Gasteiger partial charge in [0.05, 0.1) is 6.61 Å². The maximum Gasteiger partial charge on any atom is 0.349 e. The van der Waals surface area contributed by atoms with Crippen LogP contribution in [0.15, 0.2) is 36.5 Å². The molecule has 2 atom stereocenters. The third-order valence-electron chi connectivity index (χ3n) is 2.08. The number of carbonyl (C=O) groups excluding carboxylic acids is 1. The summed E-state index contributed by atoms with van der Waals surface area (Å²) in [4.78, 5) is 11.9. The number of nitrogens with zero attached hydrogens (tertiary/aromatic N) is 1. The highest BCUT2D eigenvalue weighted by molar-refractivity contribution is 9.12. The second-order valence-corrected chi connectivity index (χ2v) is 8.48. The minimum Gasteiger partial charge on any atom is -0.462 e. The van der Waals surface area contributed by atoms with Gasteiger partial charge in [0.15, 0.2) is 0 Å². The van der Waals surface area contributed by atoms with Crippen LogP contribution in [0.4, 0.5) is 0 Å². The SMILES string of the molecule is C=CC(S)(Br)C(=C(C#N)C(=O)OCC)C(S)(Br)C=C. The van der Waals surface area contributed by atoms with Gasteiger partial charge in [-0.15, -0.1) is 13.2 Å². The molecule has 0 aliphatic heterocycles. The minimum absolute atomic E-state index is 0.156. The van der Waals surface area contributed by atoms with Gasteiger partial charge in [0, 0.05) is 5.57 Å². The zero-order valence-electron chi connectivity index (χ0n) is 10.2. The van der Waals surface area contributed by atoms with E-state index in [0.717, 1.165) is 0 Å². The van der Waals surface area contributed by atoms with Crippen molar-refractivity contribution < 1.29 is 9.53 Å². The minimum atomic E-state index is -1.12. The summed E-state index contributed by atoms with van der Waals surface area (Å²) < 4.78 is 2.62. The van der Waals surface area contributed by atoms with Crippen molar-refractivity contribution in [1.82, 2.24) is 0 Å². The fourth-order valence-corrected chi connectivity index (χ4v) is 3.47. The number of hydrogen-bond donors (Lipinski definition) is 2. The van der Waals surface area contributed by atoms with Crippen molar-refractivity contribution in [2.24, 2.45) is 0 Å². The lowest BCUT2D eigenvalue weighted by atomic mass is 10.0. The van der Waals surface area contributed by atoms with Crippen LogP contribution < -0.4 is 0 Å². The smallest absolute Gasteiger partial charge is 0.349 e. The zero-order chi connectivity index (χ0) is 15.3. The van der Waals surface area contributed by atoms with E-state index in [9.17, 15) is 10.1 Å². The lowest BCUT2D eigenvalue weighted by Crippen LogP contribution is -2.30. The molecule has 7 heteroatoms. The van der Waals surface area contributed by atoms with Crippen molar-refractivity contribution in [1.29, 1.82) is 5.26 Å². The predicted molar refractivity (Wildman–Crippen MR) is 91.0 cm³/mol. The number of carbonyl (C=O) groups is 1. The van der Waals surface area contributed by atoms with Gasteiger partial charge in [-0.2, -0.15) is 30.5 Å². The molecule has 0 aromatic rings. The summed E-state index contributed by atoms with van der Waals surface area (Å²) in [5.74, 6) is -0.751. The highest BCUT2D eigenvalue weighted by Crippen LogP contribution is 2.47. The van der Waals surface area contributed by atoms with E-state index in [1.165, 1.54) is 12.2 Å². The normalized spacial score (nSPS) is 16.2. The van der Waals surface area contributed by atoms with Crippen molar-refractivity contribution in [2.75, 3.05) is 6.61 Å². The molecular weight excluding hydrogens is 414 g/mol. The second kappa shape index (κ2) is 7.58. The Morgan fingerprint density at radius 2 is 1.79 bits per heavy atom. The Labute approximate surface area is 140 Å². The Kier molecular flexibility index (Phi) is 7.51. The van der Waals surface area contributed by atoms with Gasteiger partial charge in [-0.1, -0.05) is 44.0 Å². The van der Waals surface area contributed by atoms with Crippen LogP contribution in [-0.4, -0.2) is 19.9 Å². The van der Waals surface area contributed by atoms with Crippen molar-refractivity contribution in [3.63, 3.8) is 0 Å². The maximum atomic E-state index is 11.9. The summed E-state index contributed by atoms with van der Waals surface area (Å²) in [5, 5.41) is 9.22. The Bertz CT molecular complexity index is 443. The molecule has 0 bridgehead atoms. The molecule has 2 unspecified atom stereocenters. The second-order valence-electron chi connectivity index (χ2n) is 3.34. The first kappa shape index (κ1) is 18.8. The lowest BCUT2D eigenvalue weighted by molar-refractivity contribution is -0.138. The fraction of sp³-hybridized carbons (Fsp3) is 0.333. The van der Waals surface area contributed by atoms with Crippen LogP contribution in [0.1, 0.15) is 6.92 Å². The monoisotopic (exact) mass is 425 g/mol. The highest BCUT2D eigenvalue weighted by Gasteiger charge is 2.40. The quantitative estimate of drug-likeness (QED) is 0.170. The molecule has 19 heavy (non-hydrogen) atoms.